The van der Waals surface area contributed by atoms with Gasteiger partial charge in [0.2, 0.25) is 0 Å². The number of aryl methyl sites for hydroxylation is 2. The average Bonchev–Trinajstić information content (AvgIpc) is 3.25. The maximum atomic E-state index is 12.7. The fourth-order valence-corrected chi connectivity index (χ4v) is 4.90. The molecule has 2 aliphatic rings. The van der Waals surface area contributed by atoms with Crippen LogP contribution in [0.15, 0.2) is 35.4 Å². The third-order valence-electron chi connectivity index (χ3n) is 5.51. The van der Waals surface area contributed by atoms with Crippen molar-refractivity contribution in [2.45, 2.75) is 19.3 Å². The number of aliphatic hydroxyl groups is 1. The zero-order valence-corrected chi connectivity index (χ0v) is 20.2. The Hall–Kier alpha value is -2.53. The van der Waals surface area contributed by atoms with Crippen LogP contribution in [-0.2, 0) is 4.79 Å². The fraction of sp³-hybridized carbons (Fsp3) is 0.409. The summed E-state index contributed by atoms with van der Waals surface area (Å²) in [5.41, 5.74) is 1.29. The molecule has 3 heterocycles. The molecule has 0 radical (unpaired) electrons. The standard InChI is InChI=1S/C22H28ClN7O2S/c1-14-4-3-5-16(23)20(14)28-21(32)17-13-24-22(33-17)27-18-12-19(26-15(2)25-18)30-8-6-29(7-9-30)10-11-31/h3-5,12-13,22,24,31H,6-11H2,1-2H3,(H,28,32)(H,25,26,27). The van der Waals surface area contributed by atoms with Crippen LogP contribution < -0.4 is 20.9 Å². The molecule has 0 spiro atoms. The van der Waals surface area contributed by atoms with E-state index in [0.29, 0.717) is 33.8 Å². The molecule has 2 aromatic rings. The van der Waals surface area contributed by atoms with Crippen molar-refractivity contribution in [1.29, 1.82) is 0 Å². The number of nitrogens with one attached hydrogen (secondary N) is 3. The Morgan fingerprint density at radius 1 is 1.27 bits per heavy atom. The van der Waals surface area contributed by atoms with Gasteiger partial charge in [0.05, 0.1) is 22.2 Å². The van der Waals surface area contributed by atoms with E-state index in [2.05, 4.69) is 35.7 Å². The molecule has 0 bridgehead atoms. The number of piperazine rings is 1. The summed E-state index contributed by atoms with van der Waals surface area (Å²) in [7, 11) is 0. The second kappa shape index (κ2) is 10.6. The van der Waals surface area contributed by atoms with Crippen LogP contribution in [0.2, 0.25) is 5.02 Å². The Morgan fingerprint density at radius 2 is 2.06 bits per heavy atom. The normalized spacial score (nSPS) is 18.6. The number of aliphatic hydroxyl groups excluding tert-OH is 1. The smallest absolute Gasteiger partial charge is 0.263 e. The molecule has 11 heteroatoms. The molecule has 176 valence electrons. The van der Waals surface area contributed by atoms with E-state index in [0.717, 1.165) is 37.6 Å². The number of β-amino-alcohol motifs (C(OH)–C–C–N with tert-alkyl or cyclic N) is 1. The lowest BCUT2D eigenvalue weighted by molar-refractivity contribution is -0.112. The zero-order valence-electron chi connectivity index (χ0n) is 18.6. The van der Waals surface area contributed by atoms with Crippen molar-refractivity contribution in [1.82, 2.24) is 20.2 Å². The first kappa shape index (κ1) is 23.6. The summed E-state index contributed by atoms with van der Waals surface area (Å²) in [5, 5.41) is 19.1. The van der Waals surface area contributed by atoms with Crippen LogP contribution in [0.3, 0.4) is 0 Å². The molecule has 4 rings (SSSR count). The summed E-state index contributed by atoms with van der Waals surface area (Å²) < 4.78 is 0. The van der Waals surface area contributed by atoms with Crippen LogP contribution in [-0.4, -0.2) is 70.7 Å². The molecule has 0 aliphatic carbocycles. The van der Waals surface area contributed by atoms with Crippen LogP contribution in [0.4, 0.5) is 17.3 Å². The highest BCUT2D eigenvalue weighted by molar-refractivity contribution is 8.04. The predicted molar refractivity (Wildman–Crippen MR) is 134 cm³/mol. The molecule has 1 aromatic carbocycles. The number of aromatic nitrogens is 2. The maximum absolute atomic E-state index is 12.7. The maximum Gasteiger partial charge on any atom is 0.263 e. The van der Waals surface area contributed by atoms with Crippen LogP contribution in [0, 0.1) is 13.8 Å². The molecular weight excluding hydrogens is 462 g/mol. The quantitative estimate of drug-likeness (QED) is 0.466. The summed E-state index contributed by atoms with van der Waals surface area (Å²) in [5.74, 6) is 2.03. The minimum Gasteiger partial charge on any atom is -0.395 e. The predicted octanol–water partition coefficient (Wildman–Crippen LogP) is 2.37. The number of benzene rings is 1. The third-order valence-corrected chi connectivity index (χ3v) is 6.87. The third kappa shape index (κ3) is 5.89. The molecule has 9 nitrogen and oxygen atoms in total. The first-order chi connectivity index (χ1) is 15.9. The van der Waals surface area contributed by atoms with Crippen molar-refractivity contribution >= 4 is 46.6 Å². The summed E-state index contributed by atoms with van der Waals surface area (Å²) in [4.78, 5) is 26.9. The van der Waals surface area contributed by atoms with Gasteiger partial charge in [-0.2, -0.15) is 0 Å². The van der Waals surface area contributed by atoms with Crippen molar-refractivity contribution in [3.63, 3.8) is 0 Å². The highest BCUT2D eigenvalue weighted by Gasteiger charge is 2.24. The highest BCUT2D eigenvalue weighted by Crippen LogP contribution is 2.31. The van der Waals surface area contributed by atoms with Crippen molar-refractivity contribution in [3.8, 4) is 0 Å². The van der Waals surface area contributed by atoms with E-state index in [1.807, 2.05) is 32.0 Å². The minimum atomic E-state index is -0.235. The van der Waals surface area contributed by atoms with Crippen molar-refractivity contribution in [2.24, 2.45) is 0 Å². The Balaban J connectivity index is 1.35. The number of halogens is 1. The zero-order chi connectivity index (χ0) is 23.4. The van der Waals surface area contributed by atoms with Gasteiger partial charge in [0.1, 0.15) is 17.5 Å². The molecule has 1 saturated heterocycles. The Kier molecular flexibility index (Phi) is 7.59. The van der Waals surface area contributed by atoms with Gasteiger partial charge in [-0.05, 0) is 25.5 Å². The Labute approximate surface area is 202 Å². The number of nitrogens with zero attached hydrogens (tertiary/aromatic N) is 4. The SMILES string of the molecule is Cc1nc(NC2NC=C(C(=O)Nc3c(C)cccc3Cl)S2)cc(N2CCN(CCO)CC2)n1. The van der Waals surface area contributed by atoms with E-state index in [-0.39, 0.29) is 18.0 Å². The fourth-order valence-electron chi connectivity index (χ4n) is 3.77. The average molecular weight is 490 g/mol. The van der Waals surface area contributed by atoms with E-state index in [9.17, 15) is 4.79 Å². The first-order valence-electron chi connectivity index (χ1n) is 10.8. The minimum absolute atomic E-state index is 0.179. The van der Waals surface area contributed by atoms with E-state index >= 15 is 0 Å². The molecule has 1 fully saturated rings. The number of carbonyl (C=O) groups excluding carboxylic acids is 1. The molecular formula is C22H28ClN7O2S. The summed E-state index contributed by atoms with van der Waals surface area (Å²) in [6.07, 6.45) is 1.69. The second-order valence-electron chi connectivity index (χ2n) is 7.91. The van der Waals surface area contributed by atoms with Crippen molar-refractivity contribution < 1.29 is 9.90 Å². The molecule has 0 saturated carbocycles. The molecule has 2 aliphatic heterocycles. The molecule has 33 heavy (non-hydrogen) atoms. The van der Waals surface area contributed by atoms with Gasteiger partial charge >= 0.3 is 0 Å². The lowest BCUT2D eigenvalue weighted by atomic mass is 10.2. The number of amides is 1. The summed E-state index contributed by atoms with van der Waals surface area (Å²) in [6.45, 7) is 8.13. The van der Waals surface area contributed by atoms with Gasteiger partial charge in [0, 0.05) is 45.0 Å². The number of anilines is 3. The van der Waals surface area contributed by atoms with Gasteiger partial charge in [-0.3, -0.25) is 9.69 Å². The van der Waals surface area contributed by atoms with Crippen molar-refractivity contribution in [3.05, 3.63) is 51.8 Å². The van der Waals surface area contributed by atoms with Crippen LogP contribution in [0.1, 0.15) is 11.4 Å². The van der Waals surface area contributed by atoms with Gasteiger partial charge < -0.3 is 26.0 Å². The van der Waals surface area contributed by atoms with Gasteiger partial charge in [-0.1, -0.05) is 35.5 Å². The second-order valence-corrected chi connectivity index (χ2v) is 9.47. The van der Waals surface area contributed by atoms with Gasteiger partial charge in [0.25, 0.3) is 5.91 Å². The Morgan fingerprint density at radius 3 is 2.79 bits per heavy atom. The number of hydrogen-bond acceptors (Lipinski definition) is 9. The lowest BCUT2D eigenvalue weighted by Gasteiger charge is -2.35. The first-order valence-corrected chi connectivity index (χ1v) is 12.1. The van der Waals surface area contributed by atoms with E-state index in [4.69, 9.17) is 16.7 Å². The van der Waals surface area contributed by atoms with Gasteiger partial charge in [-0.15, -0.1) is 0 Å². The van der Waals surface area contributed by atoms with E-state index in [1.165, 1.54) is 11.8 Å². The van der Waals surface area contributed by atoms with Crippen LogP contribution in [0.5, 0.6) is 0 Å². The number of thioether (sulfide) groups is 1. The van der Waals surface area contributed by atoms with Gasteiger partial charge in [0.15, 0.2) is 5.50 Å². The van der Waals surface area contributed by atoms with Crippen molar-refractivity contribution in [2.75, 3.05) is 54.9 Å². The number of hydrogen-bond donors (Lipinski definition) is 4. The Bertz CT molecular complexity index is 1020. The highest BCUT2D eigenvalue weighted by atomic mass is 35.5. The molecule has 1 unspecified atom stereocenters. The van der Waals surface area contributed by atoms with E-state index in [1.54, 1.807) is 12.3 Å². The summed E-state index contributed by atoms with van der Waals surface area (Å²) >= 11 is 7.61. The largest absolute Gasteiger partial charge is 0.395 e. The lowest BCUT2D eigenvalue weighted by Crippen LogP contribution is -2.47. The molecule has 1 amide bonds. The van der Waals surface area contributed by atoms with Crippen LogP contribution in [0.25, 0.3) is 0 Å². The summed E-state index contributed by atoms with van der Waals surface area (Å²) in [6, 6.07) is 7.44. The molecule has 1 aromatic heterocycles. The number of rotatable bonds is 7. The van der Waals surface area contributed by atoms with E-state index < -0.39 is 0 Å². The topological polar surface area (TPSA) is 106 Å². The monoisotopic (exact) mass is 489 g/mol. The molecule has 1 atom stereocenters. The van der Waals surface area contributed by atoms with Crippen LogP contribution >= 0.6 is 23.4 Å². The van der Waals surface area contributed by atoms with Gasteiger partial charge in [-0.25, -0.2) is 9.97 Å². The molecule has 4 N–H and O–H groups in total. The number of carbonyl (C=O) groups is 1. The number of para-hydroxylation sites is 1.